The van der Waals surface area contributed by atoms with Crippen molar-refractivity contribution >= 4 is 27.0 Å². The van der Waals surface area contributed by atoms with Gasteiger partial charge >= 0.3 is 0 Å². The molecule has 1 amide bonds. The number of likely N-dealkylation sites (tertiary alicyclic amines) is 1. The number of carbonyl (C=O) groups excluding carboxylic acids is 1. The third-order valence-electron chi connectivity index (χ3n) is 3.54. The first-order valence-corrected chi connectivity index (χ1v) is 8.34. The van der Waals surface area contributed by atoms with Crippen LogP contribution in [0, 0.1) is 5.92 Å². The smallest absolute Gasteiger partial charge is 0.223 e. The highest BCUT2D eigenvalue weighted by molar-refractivity contribution is 7.89. The highest BCUT2D eigenvalue weighted by Crippen LogP contribution is 2.21. The van der Waals surface area contributed by atoms with E-state index in [4.69, 9.17) is 5.14 Å². The number of nitrogens with two attached hydrogens (primary N) is 1. The Labute approximate surface area is 122 Å². The summed E-state index contributed by atoms with van der Waals surface area (Å²) in [6.45, 7) is 0.751. The molecule has 1 unspecified atom stereocenters. The van der Waals surface area contributed by atoms with Crippen LogP contribution in [-0.4, -0.2) is 41.5 Å². The Hall–Kier alpha value is -1.93. The maximum atomic E-state index is 11.9. The second-order valence-electron chi connectivity index (χ2n) is 5.37. The van der Waals surface area contributed by atoms with Gasteiger partial charge in [-0.15, -0.1) is 0 Å². The molecule has 1 atom stereocenters. The monoisotopic (exact) mass is 308 g/mol. The third-order valence-corrected chi connectivity index (χ3v) is 4.48. The zero-order valence-electron chi connectivity index (χ0n) is 11.3. The summed E-state index contributed by atoms with van der Waals surface area (Å²) in [6.07, 6.45) is 0.219. The van der Waals surface area contributed by atoms with Gasteiger partial charge in [0.05, 0.1) is 23.3 Å². The molecule has 0 bridgehead atoms. The summed E-state index contributed by atoms with van der Waals surface area (Å²) in [5, 5.41) is 5.03. The van der Waals surface area contributed by atoms with Crippen LogP contribution >= 0.6 is 0 Å². The number of aromatic nitrogens is 2. The molecule has 0 saturated carbocycles. The highest BCUT2D eigenvalue weighted by atomic mass is 32.2. The number of primary sulfonamides is 1. The van der Waals surface area contributed by atoms with E-state index in [-0.39, 0.29) is 24.0 Å². The Balaban J connectivity index is 1.71. The standard InChI is InChI=1S/C13H16N4O3S/c14-21(19,20)8-9-5-13(18)17(6-9)7-12-15-10-3-1-2-4-11(10)16-12/h1-4,9H,5-8H2,(H,15,16)(H2,14,19,20). The number of benzene rings is 1. The maximum absolute atomic E-state index is 11.9. The average molecular weight is 308 g/mol. The van der Waals surface area contributed by atoms with Crippen LogP contribution in [0.1, 0.15) is 12.2 Å². The van der Waals surface area contributed by atoms with E-state index in [1.807, 2.05) is 24.3 Å². The van der Waals surface area contributed by atoms with Crippen molar-refractivity contribution < 1.29 is 13.2 Å². The minimum absolute atomic E-state index is 0.0656. The van der Waals surface area contributed by atoms with E-state index < -0.39 is 10.0 Å². The Bertz CT molecular complexity index is 751. The third kappa shape index (κ3) is 3.22. The van der Waals surface area contributed by atoms with Crippen molar-refractivity contribution in [3.05, 3.63) is 30.1 Å². The molecule has 1 aliphatic heterocycles. The lowest BCUT2D eigenvalue weighted by molar-refractivity contribution is -0.128. The lowest BCUT2D eigenvalue weighted by Crippen LogP contribution is -2.27. The molecule has 3 rings (SSSR count). The van der Waals surface area contributed by atoms with Crippen molar-refractivity contribution in [3.8, 4) is 0 Å². The number of H-pyrrole nitrogens is 1. The van der Waals surface area contributed by atoms with E-state index in [9.17, 15) is 13.2 Å². The molecule has 1 aromatic heterocycles. The van der Waals surface area contributed by atoms with Gasteiger partial charge in [-0.25, -0.2) is 18.5 Å². The number of aromatic amines is 1. The van der Waals surface area contributed by atoms with Crippen LogP contribution in [0.3, 0.4) is 0 Å². The lowest BCUT2D eigenvalue weighted by Gasteiger charge is -2.14. The van der Waals surface area contributed by atoms with Crippen LogP contribution in [0.2, 0.25) is 0 Å². The molecule has 0 radical (unpaired) electrons. The Morgan fingerprint density at radius 3 is 2.86 bits per heavy atom. The van der Waals surface area contributed by atoms with Crippen LogP contribution in [0.4, 0.5) is 0 Å². The number of carbonyl (C=O) groups is 1. The number of hydrogen-bond acceptors (Lipinski definition) is 4. The molecule has 8 heteroatoms. The molecule has 1 fully saturated rings. The van der Waals surface area contributed by atoms with Gasteiger partial charge in [0.15, 0.2) is 0 Å². The van der Waals surface area contributed by atoms with E-state index in [1.54, 1.807) is 4.90 Å². The van der Waals surface area contributed by atoms with Crippen molar-refractivity contribution in [2.45, 2.75) is 13.0 Å². The normalized spacial score (nSPS) is 19.6. The number of nitrogens with zero attached hydrogens (tertiary/aromatic N) is 2. The van der Waals surface area contributed by atoms with E-state index in [0.29, 0.717) is 18.9 Å². The predicted molar refractivity (Wildman–Crippen MR) is 77.6 cm³/mol. The van der Waals surface area contributed by atoms with Gasteiger partial charge in [0.25, 0.3) is 0 Å². The summed E-state index contributed by atoms with van der Waals surface area (Å²) in [5.41, 5.74) is 1.76. The number of rotatable bonds is 4. The molecule has 2 heterocycles. The van der Waals surface area contributed by atoms with Gasteiger partial charge in [0.2, 0.25) is 15.9 Å². The van der Waals surface area contributed by atoms with Crippen molar-refractivity contribution in [2.24, 2.45) is 11.1 Å². The number of imidazole rings is 1. The van der Waals surface area contributed by atoms with Gasteiger partial charge < -0.3 is 9.88 Å². The van der Waals surface area contributed by atoms with Crippen LogP contribution in [-0.2, 0) is 21.4 Å². The van der Waals surface area contributed by atoms with Crippen molar-refractivity contribution in [1.82, 2.24) is 14.9 Å². The van der Waals surface area contributed by atoms with E-state index >= 15 is 0 Å². The molecule has 7 nitrogen and oxygen atoms in total. The lowest BCUT2D eigenvalue weighted by atomic mass is 10.1. The predicted octanol–water partition coefficient (Wildman–Crippen LogP) is 0.200. The topological polar surface area (TPSA) is 109 Å². The minimum Gasteiger partial charge on any atom is -0.340 e. The fourth-order valence-electron chi connectivity index (χ4n) is 2.71. The van der Waals surface area contributed by atoms with Crippen LogP contribution in [0.5, 0.6) is 0 Å². The number of nitrogens with one attached hydrogen (secondary N) is 1. The summed E-state index contributed by atoms with van der Waals surface area (Å²) in [5.74, 6) is 0.233. The molecule has 0 aliphatic carbocycles. The van der Waals surface area contributed by atoms with Gasteiger partial charge in [-0.3, -0.25) is 4.79 Å². The maximum Gasteiger partial charge on any atom is 0.223 e. The molecule has 21 heavy (non-hydrogen) atoms. The Morgan fingerprint density at radius 2 is 2.14 bits per heavy atom. The first-order valence-electron chi connectivity index (χ1n) is 6.62. The molecule has 0 spiro atoms. The zero-order valence-corrected chi connectivity index (χ0v) is 12.1. The molecule has 1 saturated heterocycles. The van der Waals surface area contributed by atoms with E-state index in [1.165, 1.54) is 0 Å². The van der Waals surface area contributed by atoms with Crippen molar-refractivity contribution in [1.29, 1.82) is 0 Å². The number of para-hydroxylation sites is 2. The molecular weight excluding hydrogens is 292 g/mol. The molecule has 2 aromatic rings. The zero-order chi connectivity index (χ0) is 15.0. The second kappa shape index (κ2) is 5.12. The van der Waals surface area contributed by atoms with Crippen LogP contribution < -0.4 is 5.14 Å². The summed E-state index contributed by atoms with van der Waals surface area (Å²) in [4.78, 5) is 21.1. The van der Waals surface area contributed by atoms with Gasteiger partial charge in [-0.1, -0.05) is 12.1 Å². The van der Waals surface area contributed by atoms with Gasteiger partial charge in [-0.05, 0) is 12.1 Å². The number of amides is 1. The largest absolute Gasteiger partial charge is 0.340 e. The average Bonchev–Trinajstić information content (AvgIpc) is 2.91. The second-order valence-corrected chi connectivity index (χ2v) is 7.03. The number of hydrogen-bond donors (Lipinski definition) is 2. The van der Waals surface area contributed by atoms with Gasteiger partial charge in [-0.2, -0.15) is 0 Å². The Morgan fingerprint density at radius 1 is 1.38 bits per heavy atom. The molecule has 112 valence electrons. The summed E-state index contributed by atoms with van der Waals surface area (Å²) >= 11 is 0. The minimum atomic E-state index is -3.55. The molecular formula is C13H16N4O3S. The van der Waals surface area contributed by atoms with Gasteiger partial charge in [0.1, 0.15) is 5.82 Å². The van der Waals surface area contributed by atoms with Gasteiger partial charge in [0, 0.05) is 18.9 Å². The van der Waals surface area contributed by atoms with Crippen molar-refractivity contribution in [2.75, 3.05) is 12.3 Å². The summed E-state index contributed by atoms with van der Waals surface area (Å²) in [7, 11) is -3.55. The number of fused-ring (bicyclic) bond motifs is 1. The fraction of sp³-hybridized carbons (Fsp3) is 0.385. The SMILES string of the molecule is NS(=O)(=O)CC1CC(=O)N(Cc2nc3ccccc3[nH]2)C1. The molecule has 1 aromatic carbocycles. The summed E-state index contributed by atoms with van der Waals surface area (Å²) < 4.78 is 22.2. The van der Waals surface area contributed by atoms with Crippen LogP contribution in [0.15, 0.2) is 24.3 Å². The first-order chi connectivity index (χ1) is 9.90. The molecule has 1 aliphatic rings. The van der Waals surface area contributed by atoms with Crippen molar-refractivity contribution in [3.63, 3.8) is 0 Å². The van der Waals surface area contributed by atoms with Crippen LogP contribution in [0.25, 0.3) is 11.0 Å². The van der Waals surface area contributed by atoms with E-state index in [0.717, 1.165) is 11.0 Å². The Kier molecular flexibility index (Phi) is 3.42. The first kappa shape index (κ1) is 14.0. The molecule has 3 N–H and O–H groups in total. The number of sulfonamides is 1. The van der Waals surface area contributed by atoms with E-state index in [2.05, 4.69) is 9.97 Å². The summed E-state index contributed by atoms with van der Waals surface area (Å²) in [6, 6.07) is 7.62. The quantitative estimate of drug-likeness (QED) is 0.840. The fourth-order valence-corrected chi connectivity index (χ4v) is 3.59. The highest BCUT2D eigenvalue weighted by Gasteiger charge is 2.32.